The zero-order chi connectivity index (χ0) is 19.0. The van der Waals surface area contributed by atoms with E-state index in [0.29, 0.717) is 26.2 Å². The zero-order valence-electron chi connectivity index (χ0n) is 14.8. The average molecular weight is 364 g/mol. The number of carbonyl (C=O) groups is 3. The smallest absolute Gasteiger partial charge is 0.264 e. The molecule has 2 N–H and O–H groups in total. The van der Waals surface area contributed by atoms with E-state index in [-0.39, 0.29) is 29.3 Å². The quantitative estimate of drug-likeness (QED) is 0.654. The van der Waals surface area contributed by atoms with Gasteiger partial charge in [-0.3, -0.25) is 19.3 Å². The summed E-state index contributed by atoms with van der Waals surface area (Å²) in [6.45, 7) is 2.28. The molecule has 3 amide bonds. The summed E-state index contributed by atoms with van der Waals surface area (Å²) in [7, 11) is 0. The van der Waals surface area contributed by atoms with Gasteiger partial charge in [-0.15, -0.1) is 0 Å². The van der Waals surface area contributed by atoms with Crippen LogP contribution in [-0.4, -0.2) is 60.2 Å². The van der Waals surface area contributed by atoms with Crippen molar-refractivity contribution < 1.29 is 14.4 Å². The number of amides is 3. The molecule has 138 valence electrons. The predicted octanol–water partition coefficient (Wildman–Crippen LogP) is 1.21. The van der Waals surface area contributed by atoms with Gasteiger partial charge >= 0.3 is 0 Å². The highest BCUT2D eigenvalue weighted by Gasteiger charge is 2.38. The monoisotopic (exact) mass is 364 g/mol. The SMILES string of the molecule is Nc1cccc2c1C(=O)N(CC(=O)N1CCN(c3ccccc3)CC1)C2=O. The summed E-state index contributed by atoms with van der Waals surface area (Å²) < 4.78 is 0. The van der Waals surface area contributed by atoms with Gasteiger partial charge in [0.1, 0.15) is 6.54 Å². The maximum absolute atomic E-state index is 12.7. The third kappa shape index (κ3) is 3.01. The van der Waals surface area contributed by atoms with E-state index >= 15 is 0 Å². The third-order valence-corrected chi connectivity index (χ3v) is 5.08. The number of rotatable bonds is 3. The first-order valence-corrected chi connectivity index (χ1v) is 8.88. The van der Waals surface area contributed by atoms with Crippen molar-refractivity contribution in [2.24, 2.45) is 0 Å². The lowest BCUT2D eigenvalue weighted by Gasteiger charge is -2.36. The van der Waals surface area contributed by atoms with Crippen LogP contribution in [0.4, 0.5) is 11.4 Å². The van der Waals surface area contributed by atoms with Crippen molar-refractivity contribution in [2.75, 3.05) is 43.4 Å². The van der Waals surface area contributed by atoms with Gasteiger partial charge in [0.25, 0.3) is 11.8 Å². The van der Waals surface area contributed by atoms with E-state index in [1.54, 1.807) is 23.1 Å². The van der Waals surface area contributed by atoms with Gasteiger partial charge in [-0.1, -0.05) is 24.3 Å². The van der Waals surface area contributed by atoms with Gasteiger partial charge in [-0.2, -0.15) is 0 Å². The van der Waals surface area contributed by atoms with Crippen LogP contribution < -0.4 is 10.6 Å². The summed E-state index contributed by atoms with van der Waals surface area (Å²) >= 11 is 0. The standard InChI is InChI=1S/C20H20N4O3/c21-16-8-4-7-15-18(16)20(27)24(19(15)26)13-17(25)23-11-9-22(10-12-23)14-5-2-1-3-6-14/h1-8H,9-13,21H2. The number of nitrogens with two attached hydrogens (primary N) is 1. The lowest BCUT2D eigenvalue weighted by atomic mass is 10.1. The van der Waals surface area contributed by atoms with Crippen LogP contribution in [0.5, 0.6) is 0 Å². The first-order chi connectivity index (χ1) is 13.1. The zero-order valence-corrected chi connectivity index (χ0v) is 14.8. The van der Waals surface area contributed by atoms with Gasteiger partial charge in [-0.25, -0.2) is 0 Å². The predicted molar refractivity (Wildman–Crippen MR) is 101 cm³/mol. The van der Waals surface area contributed by atoms with Crippen molar-refractivity contribution in [2.45, 2.75) is 0 Å². The fourth-order valence-corrected chi connectivity index (χ4v) is 3.59. The number of para-hydroxylation sites is 1. The van der Waals surface area contributed by atoms with Crippen molar-refractivity contribution in [1.29, 1.82) is 0 Å². The lowest BCUT2D eigenvalue weighted by molar-refractivity contribution is -0.131. The molecular formula is C20H20N4O3. The molecule has 0 spiro atoms. The Bertz CT molecular complexity index is 905. The first kappa shape index (κ1) is 17.1. The molecular weight excluding hydrogens is 344 g/mol. The molecule has 2 aromatic carbocycles. The van der Waals surface area contributed by atoms with Crippen LogP contribution in [0.15, 0.2) is 48.5 Å². The molecule has 0 aromatic heterocycles. The molecule has 0 radical (unpaired) electrons. The van der Waals surface area contributed by atoms with Gasteiger partial charge in [0.2, 0.25) is 5.91 Å². The van der Waals surface area contributed by atoms with E-state index in [4.69, 9.17) is 5.73 Å². The molecule has 7 nitrogen and oxygen atoms in total. The van der Waals surface area contributed by atoms with Gasteiger partial charge < -0.3 is 15.5 Å². The molecule has 0 atom stereocenters. The number of benzene rings is 2. The molecule has 0 unspecified atom stereocenters. The molecule has 7 heteroatoms. The van der Waals surface area contributed by atoms with E-state index < -0.39 is 11.8 Å². The molecule has 2 heterocycles. The fourth-order valence-electron chi connectivity index (χ4n) is 3.59. The Balaban J connectivity index is 1.40. The van der Waals surface area contributed by atoms with E-state index in [1.807, 2.05) is 30.3 Å². The van der Waals surface area contributed by atoms with E-state index in [9.17, 15) is 14.4 Å². The summed E-state index contributed by atoms with van der Waals surface area (Å²) in [5.41, 5.74) is 7.68. The largest absolute Gasteiger partial charge is 0.398 e. The fraction of sp³-hybridized carbons (Fsp3) is 0.250. The second-order valence-corrected chi connectivity index (χ2v) is 6.67. The number of hydrogen-bond donors (Lipinski definition) is 1. The van der Waals surface area contributed by atoms with Crippen LogP contribution in [0.3, 0.4) is 0 Å². The van der Waals surface area contributed by atoms with Crippen LogP contribution >= 0.6 is 0 Å². The summed E-state index contributed by atoms with van der Waals surface area (Å²) in [4.78, 5) is 42.6. The van der Waals surface area contributed by atoms with E-state index in [2.05, 4.69) is 4.90 Å². The minimum absolute atomic E-state index is 0.198. The summed E-state index contributed by atoms with van der Waals surface area (Å²) in [5, 5.41) is 0. The molecule has 2 aromatic rings. The lowest BCUT2D eigenvalue weighted by Crippen LogP contribution is -2.51. The number of hydrogen-bond acceptors (Lipinski definition) is 5. The Kier molecular flexibility index (Phi) is 4.27. The van der Waals surface area contributed by atoms with E-state index in [1.165, 1.54) is 0 Å². The second kappa shape index (κ2) is 6.75. The highest BCUT2D eigenvalue weighted by atomic mass is 16.2. The number of anilines is 2. The Morgan fingerprint density at radius 2 is 1.59 bits per heavy atom. The molecule has 27 heavy (non-hydrogen) atoms. The van der Waals surface area contributed by atoms with Crippen LogP contribution in [0.2, 0.25) is 0 Å². The van der Waals surface area contributed by atoms with Gasteiger partial charge in [0.15, 0.2) is 0 Å². The Labute approximate surface area is 157 Å². The molecule has 0 saturated carbocycles. The number of fused-ring (bicyclic) bond motifs is 1. The minimum Gasteiger partial charge on any atom is -0.398 e. The Morgan fingerprint density at radius 3 is 2.26 bits per heavy atom. The molecule has 1 saturated heterocycles. The number of piperazine rings is 1. The molecule has 0 bridgehead atoms. The van der Waals surface area contributed by atoms with Crippen molar-refractivity contribution in [3.63, 3.8) is 0 Å². The van der Waals surface area contributed by atoms with Gasteiger partial charge in [0.05, 0.1) is 11.1 Å². The van der Waals surface area contributed by atoms with Gasteiger partial charge in [0, 0.05) is 37.6 Å². The number of carbonyl (C=O) groups excluding carboxylic acids is 3. The molecule has 2 aliphatic rings. The maximum Gasteiger partial charge on any atom is 0.264 e. The molecule has 2 aliphatic heterocycles. The van der Waals surface area contributed by atoms with E-state index in [0.717, 1.165) is 10.6 Å². The number of nitrogens with zero attached hydrogens (tertiary/aromatic N) is 3. The van der Waals surface area contributed by atoms with Crippen LogP contribution in [0, 0.1) is 0 Å². The highest BCUT2D eigenvalue weighted by Crippen LogP contribution is 2.27. The van der Waals surface area contributed by atoms with Crippen molar-refractivity contribution >= 4 is 29.1 Å². The first-order valence-electron chi connectivity index (χ1n) is 8.88. The Morgan fingerprint density at radius 1 is 0.889 bits per heavy atom. The molecule has 1 fully saturated rings. The topological polar surface area (TPSA) is 86.9 Å². The second-order valence-electron chi connectivity index (χ2n) is 6.67. The molecule has 0 aliphatic carbocycles. The molecule has 4 rings (SSSR count). The number of imide groups is 1. The summed E-state index contributed by atoms with van der Waals surface area (Å²) in [5.74, 6) is -1.18. The van der Waals surface area contributed by atoms with Crippen LogP contribution in [-0.2, 0) is 4.79 Å². The third-order valence-electron chi connectivity index (χ3n) is 5.08. The van der Waals surface area contributed by atoms with Gasteiger partial charge in [-0.05, 0) is 24.3 Å². The summed E-state index contributed by atoms with van der Waals surface area (Å²) in [6.07, 6.45) is 0. The summed E-state index contributed by atoms with van der Waals surface area (Å²) in [6, 6.07) is 14.8. The van der Waals surface area contributed by atoms with Crippen LogP contribution in [0.1, 0.15) is 20.7 Å². The van der Waals surface area contributed by atoms with Crippen molar-refractivity contribution in [3.8, 4) is 0 Å². The minimum atomic E-state index is -0.496. The van der Waals surface area contributed by atoms with Crippen molar-refractivity contribution in [1.82, 2.24) is 9.80 Å². The normalized spacial score (nSPS) is 16.7. The van der Waals surface area contributed by atoms with Crippen LogP contribution in [0.25, 0.3) is 0 Å². The highest BCUT2D eigenvalue weighted by molar-refractivity contribution is 6.24. The number of nitrogen functional groups attached to an aromatic ring is 1. The average Bonchev–Trinajstić information content (AvgIpc) is 2.94. The Hall–Kier alpha value is -3.35. The van der Waals surface area contributed by atoms with Crippen molar-refractivity contribution in [3.05, 3.63) is 59.7 Å². The maximum atomic E-state index is 12.7.